The molecule has 1 atom stereocenters. The Labute approximate surface area is 109 Å². The molecule has 1 heterocycles. The quantitative estimate of drug-likeness (QED) is 0.798. The van der Waals surface area contributed by atoms with E-state index in [0.717, 1.165) is 11.3 Å². The maximum absolute atomic E-state index is 11.8. The van der Waals surface area contributed by atoms with Gasteiger partial charge in [0.05, 0.1) is 9.75 Å². The third kappa shape index (κ3) is 3.40. The normalized spacial score (nSPS) is 12.2. The Bertz CT molecular complexity index is 478. The summed E-state index contributed by atoms with van der Waals surface area (Å²) >= 11 is 1.06. The van der Waals surface area contributed by atoms with E-state index in [1.165, 1.54) is 13.0 Å². The summed E-state index contributed by atoms with van der Waals surface area (Å²) < 4.78 is 0. The first kappa shape index (κ1) is 14.4. The number of nitrogens with one attached hydrogen (secondary N) is 1. The number of rotatable bonds is 5. The molecule has 0 radical (unpaired) electrons. The molecule has 0 fully saturated rings. The molecular weight excluding hydrogens is 254 g/mol. The number of carboxylic acids is 1. The van der Waals surface area contributed by atoms with E-state index in [1.54, 1.807) is 19.9 Å². The molecule has 1 amide bonds. The number of carbonyl (C=O) groups is 3. The molecule has 1 rings (SSSR count). The molecule has 0 aliphatic heterocycles. The topological polar surface area (TPSA) is 83.5 Å². The lowest BCUT2D eigenvalue weighted by Crippen LogP contribution is -2.44. The van der Waals surface area contributed by atoms with E-state index in [1.807, 2.05) is 0 Å². The zero-order valence-electron chi connectivity index (χ0n) is 10.4. The van der Waals surface area contributed by atoms with Crippen LogP contribution >= 0.6 is 11.3 Å². The van der Waals surface area contributed by atoms with Crippen molar-refractivity contribution in [2.45, 2.75) is 26.8 Å². The number of ketones is 1. The van der Waals surface area contributed by atoms with Gasteiger partial charge in [0.25, 0.3) is 5.91 Å². The third-order valence-corrected chi connectivity index (χ3v) is 3.58. The molecule has 0 bridgehead atoms. The van der Waals surface area contributed by atoms with Gasteiger partial charge in [0, 0.05) is 0 Å². The summed E-state index contributed by atoms with van der Waals surface area (Å²) in [6, 6.07) is 2.16. The molecule has 18 heavy (non-hydrogen) atoms. The van der Waals surface area contributed by atoms with Gasteiger partial charge in [-0.2, -0.15) is 0 Å². The summed E-state index contributed by atoms with van der Waals surface area (Å²) in [5.41, 5.74) is 0. The van der Waals surface area contributed by atoms with Crippen LogP contribution in [0, 0.1) is 5.92 Å². The molecule has 0 saturated heterocycles. The first-order valence-electron chi connectivity index (χ1n) is 5.47. The molecule has 0 aliphatic rings. The van der Waals surface area contributed by atoms with Crippen LogP contribution in [-0.4, -0.2) is 28.8 Å². The number of carboxylic acid groups (broad SMARTS) is 1. The summed E-state index contributed by atoms with van der Waals surface area (Å²) in [5, 5.41) is 11.4. The fraction of sp³-hybridized carbons (Fsp3) is 0.417. The summed E-state index contributed by atoms with van der Waals surface area (Å²) in [5.74, 6) is -1.85. The molecule has 2 N–H and O–H groups in total. The Morgan fingerprint density at radius 3 is 2.17 bits per heavy atom. The van der Waals surface area contributed by atoms with Gasteiger partial charge in [0.15, 0.2) is 5.78 Å². The number of Topliss-reactive ketones (excluding diaryl/α,β-unsaturated/α-hetero) is 1. The van der Waals surface area contributed by atoms with Gasteiger partial charge in [0.1, 0.15) is 6.04 Å². The van der Waals surface area contributed by atoms with Gasteiger partial charge in [-0.15, -0.1) is 11.3 Å². The molecule has 0 unspecified atom stereocenters. The van der Waals surface area contributed by atoms with Crippen LogP contribution in [0.4, 0.5) is 0 Å². The van der Waals surface area contributed by atoms with E-state index in [4.69, 9.17) is 5.11 Å². The highest BCUT2D eigenvalue weighted by atomic mass is 32.1. The number of amides is 1. The summed E-state index contributed by atoms with van der Waals surface area (Å²) in [6.45, 7) is 4.85. The molecule has 1 aromatic rings. The second-order valence-corrected chi connectivity index (χ2v) is 5.34. The maximum atomic E-state index is 11.8. The molecular formula is C12H15NO4S. The van der Waals surface area contributed by atoms with Crippen molar-refractivity contribution in [3.05, 3.63) is 21.9 Å². The lowest BCUT2D eigenvalue weighted by atomic mass is 10.0. The Morgan fingerprint density at radius 2 is 1.78 bits per heavy atom. The van der Waals surface area contributed by atoms with Crippen LogP contribution in [0.25, 0.3) is 0 Å². The van der Waals surface area contributed by atoms with Crippen molar-refractivity contribution in [2.24, 2.45) is 5.92 Å². The van der Waals surface area contributed by atoms with Gasteiger partial charge in [-0.1, -0.05) is 13.8 Å². The number of hydrogen-bond donors (Lipinski definition) is 2. The van der Waals surface area contributed by atoms with Crippen molar-refractivity contribution >= 4 is 29.0 Å². The predicted molar refractivity (Wildman–Crippen MR) is 68.1 cm³/mol. The first-order chi connectivity index (χ1) is 8.32. The van der Waals surface area contributed by atoms with Crippen molar-refractivity contribution in [1.29, 1.82) is 0 Å². The van der Waals surface area contributed by atoms with Gasteiger partial charge in [-0.25, -0.2) is 4.79 Å². The zero-order chi connectivity index (χ0) is 13.9. The third-order valence-electron chi connectivity index (χ3n) is 2.40. The van der Waals surface area contributed by atoms with Gasteiger partial charge in [-0.05, 0) is 25.0 Å². The van der Waals surface area contributed by atoms with Crippen LogP contribution in [0.1, 0.15) is 40.1 Å². The van der Waals surface area contributed by atoms with Crippen LogP contribution in [0.2, 0.25) is 0 Å². The van der Waals surface area contributed by atoms with Gasteiger partial charge < -0.3 is 10.4 Å². The van der Waals surface area contributed by atoms with Crippen LogP contribution < -0.4 is 5.32 Å². The monoisotopic (exact) mass is 269 g/mol. The van der Waals surface area contributed by atoms with E-state index in [0.29, 0.717) is 9.75 Å². The standard InChI is InChI=1S/C12H15NO4S/c1-6(2)10(12(16)17)13-11(15)9-5-4-8(18-9)7(3)14/h4-6,10H,1-3H3,(H,13,15)(H,16,17)/t10-/m1/s1. The molecule has 1 aromatic heterocycles. The summed E-state index contributed by atoms with van der Waals surface area (Å²) in [4.78, 5) is 34.7. The van der Waals surface area contributed by atoms with Gasteiger partial charge in [-0.3, -0.25) is 9.59 Å². The second-order valence-electron chi connectivity index (χ2n) is 4.25. The molecule has 0 aliphatic carbocycles. The highest BCUT2D eigenvalue weighted by molar-refractivity contribution is 7.15. The fourth-order valence-electron chi connectivity index (χ4n) is 1.38. The van der Waals surface area contributed by atoms with E-state index in [2.05, 4.69) is 5.32 Å². The van der Waals surface area contributed by atoms with Gasteiger partial charge >= 0.3 is 5.97 Å². The van der Waals surface area contributed by atoms with Crippen LogP contribution in [0.15, 0.2) is 12.1 Å². The van der Waals surface area contributed by atoms with Crippen molar-refractivity contribution in [2.75, 3.05) is 0 Å². The lowest BCUT2D eigenvalue weighted by Gasteiger charge is -2.17. The van der Waals surface area contributed by atoms with Crippen LogP contribution in [0.5, 0.6) is 0 Å². The van der Waals surface area contributed by atoms with Crippen molar-refractivity contribution < 1.29 is 19.5 Å². The summed E-state index contributed by atoms with van der Waals surface area (Å²) in [6.07, 6.45) is 0. The van der Waals surface area contributed by atoms with Crippen molar-refractivity contribution in [3.8, 4) is 0 Å². The van der Waals surface area contributed by atoms with Gasteiger partial charge in [0.2, 0.25) is 0 Å². The van der Waals surface area contributed by atoms with E-state index in [-0.39, 0.29) is 11.7 Å². The Balaban J connectivity index is 2.80. The first-order valence-corrected chi connectivity index (χ1v) is 6.29. The molecule has 6 heteroatoms. The minimum absolute atomic E-state index is 0.113. The largest absolute Gasteiger partial charge is 0.480 e. The predicted octanol–water partition coefficient (Wildman–Crippen LogP) is 1.79. The minimum atomic E-state index is -1.07. The van der Waals surface area contributed by atoms with E-state index >= 15 is 0 Å². The minimum Gasteiger partial charge on any atom is -0.480 e. The van der Waals surface area contributed by atoms with E-state index in [9.17, 15) is 14.4 Å². The zero-order valence-corrected chi connectivity index (χ0v) is 11.2. The lowest BCUT2D eigenvalue weighted by molar-refractivity contribution is -0.140. The smallest absolute Gasteiger partial charge is 0.326 e. The fourth-order valence-corrected chi connectivity index (χ4v) is 2.18. The molecule has 98 valence electrons. The number of thiophene rings is 1. The van der Waals surface area contributed by atoms with Crippen molar-refractivity contribution in [1.82, 2.24) is 5.32 Å². The summed E-state index contributed by atoms with van der Waals surface area (Å²) in [7, 11) is 0. The average Bonchev–Trinajstić information content (AvgIpc) is 2.73. The van der Waals surface area contributed by atoms with Crippen LogP contribution in [0.3, 0.4) is 0 Å². The number of hydrogen-bond acceptors (Lipinski definition) is 4. The average molecular weight is 269 g/mol. The Morgan fingerprint density at radius 1 is 1.22 bits per heavy atom. The maximum Gasteiger partial charge on any atom is 0.326 e. The SMILES string of the molecule is CC(=O)c1ccc(C(=O)N[C@@H](C(=O)O)C(C)C)s1. The van der Waals surface area contributed by atoms with Crippen molar-refractivity contribution in [3.63, 3.8) is 0 Å². The Kier molecular flexibility index (Phi) is 4.61. The number of carbonyl (C=O) groups excluding carboxylic acids is 2. The highest BCUT2D eigenvalue weighted by Crippen LogP contribution is 2.17. The van der Waals surface area contributed by atoms with Crippen LogP contribution in [-0.2, 0) is 4.79 Å². The number of aliphatic carboxylic acids is 1. The molecule has 0 saturated carbocycles. The van der Waals surface area contributed by atoms with E-state index < -0.39 is 17.9 Å². The Hall–Kier alpha value is -1.69. The highest BCUT2D eigenvalue weighted by Gasteiger charge is 2.24. The molecule has 5 nitrogen and oxygen atoms in total. The second kappa shape index (κ2) is 5.77. The molecule has 0 aromatic carbocycles. The molecule has 0 spiro atoms.